The van der Waals surface area contributed by atoms with Crippen molar-refractivity contribution in [3.63, 3.8) is 0 Å². The summed E-state index contributed by atoms with van der Waals surface area (Å²) in [4.78, 5) is 0. The number of hydrogen-bond donors (Lipinski definition) is 0. The topological polar surface area (TPSA) is 18.5 Å². The molecule has 2 nitrogen and oxygen atoms in total. The Morgan fingerprint density at radius 3 is 2.20 bits per heavy atom. The molecule has 4 rings (SSSR count). The van der Waals surface area contributed by atoms with E-state index >= 15 is 0 Å². The average molecular weight is 416 g/mol. The summed E-state index contributed by atoms with van der Waals surface area (Å²) in [7, 11) is 2.95. The van der Waals surface area contributed by atoms with Crippen LogP contribution in [0.1, 0.15) is 34.6 Å². The minimum absolute atomic E-state index is 0.0855. The second-order valence-electron chi connectivity index (χ2n) is 7.37. The molecule has 0 heterocycles. The highest BCUT2D eigenvalue weighted by molar-refractivity contribution is 5.56. The summed E-state index contributed by atoms with van der Waals surface area (Å²) in [6, 6.07) is 16.4. The van der Waals surface area contributed by atoms with E-state index in [0.29, 0.717) is 22.6 Å². The van der Waals surface area contributed by atoms with Gasteiger partial charge in [0.1, 0.15) is 11.2 Å². The molecule has 0 N–H and O–H groups in total. The highest BCUT2D eigenvalue weighted by Crippen LogP contribution is 2.59. The van der Waals surface area contributed by atoms with Crippen LogP contribution in [0.3, 0.4) is 0 Å². The van der Waals surface area contributed by atoms with Gasteiger partial charge in [-0.2, -0.15) is 13.2 Å². The van der Waals surface area contributed by atoms with Gasteiger partial charge in [-0.1, -0.05) is 42.5 Å². The normalized spacial score (nSPS) is 20.7. The van der Waals surface area contributed by atoms with Crippen LogP contribution in [0, 0.1) is 5.82 Å². The molecule has 0 aliphatic heterocycles. The second kappa shape index (κ2) is 7.35. The summed E-state index contributed by atoms with van der Waals surface area (Å²) < 4.78 is 68.8. The fourth-order valence-corrected chi connectivity index (χ4v) is 4.53. The molecule has 1 aliphatic rings. The lowest BCUT2D eigenvalue weighted by Gasteiger charge is -2.34. The van der Waals surface area contributed by atoms with Gasteiger partial charge in [0, 0.05) is 5.92 Å². The van der Waals surface area contributed by atoms with Gasteiger partial charge in [-0.15, -0.1) is 0 Å². The Bertz CT molecular complexity index is 1060. The van der Waals surface area contributed by atoms with Gasteiger partial charge >= 0.3 is 6.18 Å². The molecule has 0 aromatic heterocycles. The number of halogens is 4. The average Bonchev–Trinajstić information content (AvgIpc) is 3.09. The molecule has 156 valence electrons. The summed E-state index contributed by atoms with van der Waals surface area (Å²) in [6.07, 6.45) is -4.82. The number of hydrogen-bond acceptors (Lipinski definition) is 2. The van der Waals surface area contributed by atoms with Crippen molar-refractivity contribution in [3.8, 4) is 11.5 Å². The first kappa shape index (κ1) is 20.3. The smallest absolute Gasteiger partial charge is 0.402 e. The van der Waals surface area contributed by atoms with Gasteiger partial charge in [0.05, 0.1) is 14.2 Å². The maximum Gasteiger partial charge on any atom is 0.402 e. The van der Waals surface area contributed by atoms with Gasteiger partial charge in [0.25, 0.3) is 0 Å². The molecule has 0 spiro atoms. The van der Waals surface area contributed by atoms with Crippen molar-refractivity contribution in [2.45, 2.75) is 23.9 Å². The first-order valence-electron chi connectivity index (χ1n) is 9.46. The van der Waals surface area contributed by atoms with Crippen LogP contribution >= 0.6 is 0 Å². The van der Waals surface area contributed by atoms with E-state index in [9.17, 15) is 17.6 Å². The third-order valence-electron chi connectivity index (χ3n) is 5.92. The predicted octanol–water partition coefficient (Wildman–Crippen LogP) is 6.23. The van der Waals surface area contributed by atoms with E-state index in [4.69, 9.17) is 9.47 Å². The van der Waals surface area contributed by atoms with E-state index in [-0.39, 0.29) is 17.5 Å². The van der Waals surface area contributed by atoms with E-state index < -0.39 is 23.3 Å². The molecular weight excluding hydrogens is 396 g/mol. The summed E-state index contributed by atoms with van der Waals surface area (Å²) >= 11 is 0. The van der Waals surface area contributed by atoms with Crippen LogP contribution < -0.4 is 9.47 Å². The lowest BCUT2D eigenvalue weighted by atomic mass is 9.74. The van der Waals surface area contributed by atoms with Crippen LogP contribution in [0.4, 0.5) is 17.6 Å². The summed E-state index contributed by atoms with van der Waals surface area (Å²) in [6.45, 7) is 0. The molecule has 0 saturated heterocycles. The largest absolute Gasteiger partial charge is 0.493 e. The lowest BCUT2D eigenvalue weighted by molar-refractivity contribution is -0.178. The minimum atomic E-state index is -4.56. The van der Waals surface area contributed by atoms with Gasteiger partial charge in [-0.05, 0) is 52.9 Å². The first-order chi connectivity index (χ1) is 14.3. The molecule has 30 heavy (non-hydrogen) atoms. The molecule has 6 heteroatoms. The Kier molecular flexibility index (Phi) is 4.96. The molecule has 0 radical (unpaired) electrons. The van der Waals surface area contributed by atoms with Crippen molar-refractivity contribution in [1.82, 2.24) is 0 Å². The van der Waals surface area contributed by atoms with Crippen molar-refractivity contribution in [1.29, 1.82) is 0 Å². The Morgan fingerprint density at radius 2 is 1.57 bits per heavy atom. The van der Waals surface area contributed by atoms with Crippen LogP contribution in [0.5, 0.6) is 11.5 Å². The van der Waals surface area contributed by atoms with Crippen molar-refractivity contribution in [3.05, 3.63) is 94.8 Å². The second-order valence-corrected chi connectivity index (χ2v) is 7.37. The van der Waals surface area contributed by atoms with E-state index in [1.807, 2.05) is 0 Å². The van der Waals surface area contributed by atoms with Crippen molar-refractivity contribution < 1.29 is 27.0 Å². The van der Waals surface area contributed by atoms with Crippen LogP contribution in [0.2, 0.25) is 0 Å². The number of rotatable bonds is 4. The Labute approximate surface area is 172 Å². The minimum Gasteiger partial charge on any atom is -0.493 e. The molecule has 3 aromatic carbocycles. The predicted molar refractivity (Wildman–Crippen MR) is 106 cm³/mol. The molecule has 0 amide bonds. The third kappa shape index (κ3) is 3.02. The van der Waals surface area contributed by atoms with Crippen LogP contribution in [-0.4, -0.2) is 20.4 Å². The van der Waals surface area contributed by atoms with Crippen LogP contribution in [0.25, 0.3) is 0 Å². The molecule has 3 aromatic rings. The van der Waals surface area contributed by atoms with Crippen LogP contribution in [0.15, 0.2) is 66.7 Å². The summed E-state index contributed by atoms with van der Waals surface area (Å²) in [5, 5.41) is 0. The first-order valence-corrected chi connectivity index (χ1v) is 9.46. The zero-order valence-electron chi connectivity index (χ0n) is 16.5. The van der Waals surface area contributed by atoms with Gasteiger partial charge in [-0.25, -0.2) is 4.39 Å². The van der Waals surface area contributed by atoms with E-state index in [2.05, 4.69) is 0 Å². The Morgan fingerprint density at radius 1 is 0.867 bits per heavy atom. The summed E-state index contributed by atoms with van der Waals surface area (Å²) in [5.41, 5.74) is -1.05. The third-order valence-corrected chi connectivity index (χ3v) is 5.92. The maximum atomic E-state index is 14.7. The number of benzene rings is 3. The van der Waals surface area contributed by atoms with Crippen LogP contribution in [-0.2, 0) is 5.41 Å². The standard InChI is InChI=1S/C24H20F4O2/c1-29-21-11-8-15(12-22(21)30-2)19-14-23(24(26,27)28,16-6-4-3-5-7-16)20-10-9-17(25)13-18(19)20/h3-13,19H,14H2,1-2H3/t19-,23+/m1/s1. The van der Waals surface area contributed by atoms with E-state index in [1.54, 1.807) is 36.4 Å². The fourth-order valence-electron chi connectivity index (χ4n) is 4.53. The molecule has 0 fully saturated rings. The maximum absolute atomic E-state index is 14.7. The van der Waals surface area contributed by atoms with Crippen molar-refractivity contribution >= 4 is 0 Å². The zero-order valence-corrected chi connectivity index (χ0v) is 16.5. The molecule has 1 aliphatic carbocycles. The SMILES string of the molecule is COc1ccc([C@H]2C[C@@](c3ccccc3)(C(F)(F)F)c3ccc(F)cc32)cc1OC. The number of alkyl halides is 3. The van der Waals surface area contributed by atoms with Gasteiger partial charge in [0.15, 0.2) is 11.5 Å². The van der Waals surface area contributed by atoms with Gasteiger partial charge in [0.2, 0.25) is 0 Å². The number of ether oxygens (including phenoxy) is 2. The number of fused-ring (bicyclic) bond motifs is 1. The summed E-state index contributed by atoms with van der Waals surface area (Å²) in [5.74, 6) is -0.330. The van der Waals surface area contributed by atoms with Crippen molar-refractivity contribution in [2.24, 2.45) is 0 Å². The quantitative estimate of drug-likeness (QED) is 0.470. The molecule has 0 unspecified atom stereocenters. The van der Waals surface area contributed by atoms with Gasteiger partial charge < -0.3 is 9.47 Å². The lowest BCUT2D eigenvalue weighted by Crippen LogP contribution is -2.41. The highest BCUT2D eigenvalue weighted by atomic mass is 19.4. The highest BCUT2D eigenvalue weighted by Gasteiger charge is 2.62. The van der Waals surface area contributed by atoms with E-state index in [0.717, 1.165) is 6.07 Å². The van der Waals surface area contributed by atoms with Gasteiger partial charge in [-0.3, -0.25) is 0 Å². The molecular formula is C24H20F4O2. The Hall–Kier alpha value is -3.02. The van der Waals surface area contributed by atoms with Crippen molar-refractivity contribution in [2.75, 3.05) is 14.2 Å². The Balaban J connectivity index is 1.96. The zero-order chi connectivity index (χ0) is 21.5. The van der Waals surface area contributed by atoms with E-state index in [1.165, 1.54) is 38.5 Å². The fraction of sp³-hybridized carbons (Fsp3) is 0.250. The molecule has 0 bridgehead atoms. The monoisotopic (exact) mass is 416 g/mol. The molecule has 2 atom stereocenters. The number of methoxy groups -OCH3 is 2. The molecule has 0 saturated carbocycles.